The maximum absolute atomic E-state index is 14.1. The smallest absolute Gasteiger partial charge is 0.255 e. The van der Waals surface area contributed by atoms with Crippen LogP contribution in [0.3, 0.4) is 0 Å². The maximum Gasteiger partial charge on any atom is 0.255 e. The Morgan fingerprint density at radius 1 is 1.25 bits per heavy atom. The molecule has 3 N–H and O–H groups in total. The third kappa shape index (κ3) is 4.18. The summed E-state index contributed by atoms with van der Waals surface area (Å²) in [6.45, 7) is 2.02. The van der Waals surface area contributed by atoms with E-state index in [-0.39, 0.29) is 35.5 Å². The fraction of sp³-hybridized carbons (Fsp3) is 0.480. The zero-order chi connectivity index (χ0) is 22.9. The van der Waals surface area contributed by atoms with Crippen molar-refractivity contribution in [1.29, 1.82) is 0 Å². The number of methoxy groups -OCH3 is 1. The lowest BCUT2D eigenvalue weighted by Gasteiger charge is -2.48. The van der Waals surface area contributed by atoms with Gasteiger partial charge in [-0.2, -0.15) is 0 Å². The number of nitrogens with one attached hydrogen (secondary N) is 1. The van der Waals surface area contributed by atoms with Crippen molar-refractivity contribution in [3.63, 3.8) is 0 Å². The Morgan fingerprint density at radius 3 is 2.66 bits per heavy atom. The number of rotatable bonds is 6. The second-order valence-corrected chi connectivity index (χ2v) is 8.92. The lowest BCUT2D eigenvalue weighted by Crippen LogP contribution is -2.50. The van der Waals surface area contributed by atoms with Gasteiger partial charge in [0, 0.05) is 24.7 Å². The van der Waals surface area contributed by atoms with Crippen LogP contribution in [0.15, 0.2) is 53.0 Å². The highest BCUT2D eigenvalue weighted by molar-refractivity contribution is 5.85. The largest absolute Gasteiger partial charge is 0.493 e. The SMILES string of the molecule is CCC(N)[C@]1(C2C=C(F)C=C(F)C2)CC[C@H](Oc2cc3cc[nH]c(=O)c3cc2OC)CC1. The van der Waals surface area contributed by atoms with Gasteiger partial charge in [0.2, 0.25) is 0 Å². The van der Waals surface area contributed by atoms with Crippen molar-refractivity contribution in [1.82, 2.24) is 4.98 Å². The van der Waals surface area contributed by atoms with Gasteiger partial charge in [0.25, 0.3) is 5.56 Å². The van der Waals surface area contributed by atoms with Gasteiger partial charge in [0.05, 0.1) is 18.6 Å². The molecule has 0 bridgehead atoms. The van der Waals surface area contributed by atoms with E-state index in [9.17, 15) is 13.6 Å². The first kappa shape index (κ1) is 22.5. The fourth-order valence-electron chi connectivity index (χ4n) is 5.38. The van der Waals surface area contributed by atoms with E-state index in [1.807, 2.05) is 19.1 Å². The van der Waals surface area contributed by atoms with Gasteiger partial charge >= 0.3 is 0 Å². The standard InChI is InChI=1S/C25H30F2N2O3/c1-3-23(28)25(16-11-17(26)13-18(27)12-16)7-4-19(5-8-25)32-22-10-15-6-9-29-24(30)20(15)14-21(22)31-2/h6,9-11,13-14,16,19,23H,3-5,7-8,12,28H2,1-2H3,(H,29,30)/t16?,19-,23?,25+. The number of fused-ring (bicyclic) bond motifs is 1. The Bertz CT molecular complexity index is 1100. The third-order valence-corrected chi connectivity index (χ3v) is 7.20. The minimum atomic E-state index is -0.518. The van der Waals surface area contributed by atoms with E-state index in [0.29, 0.717) is 16.9 Å². The van der Waals surface area contributed by atoms with Crippen molar-refractivity contribution in [3.05, 3.63) is 58.6 Å². The number of pyridine rings is 1. The molecule has 1 fully saturated rings. The van der Waals surface area contributed by atoms with Crippen molar-refractivity contribution in [2.24, 2.45) is 17.1 Å². The molecule has 0 radical (unpaired) electrons. The highest BCUT2D eigenvalue weighted by atomic mass is 19.1. The van der Waals surface area contributed by atoms with Crippen LogP contribution in [0.25, 0.3) is 10.8 Å². The number of hydrogen-bond acceptors (Lipinski definition) is 4. The number of aromatic amines is 1. The number of H-pyrrole nitrogens is 1. The van der Waals surface area contributed by atoms with Gasteiger partial charge in [-0.15, -0.1) is 0 Å². The van der Waals surface area contributed by atoms with E-state index in [2.05, 4.69) is 4.98 Å². The molecule has 5 nitrogen and oxygen atoms in total. The average molecular weight is 445 g/mol. The molecule has 2 aromatic rings. The Balaban J connectivity index is 1.55. The van der Waals surface area contributed by atoms with Crippen molar-refractivity contribution in [2.45, 2.75) is 57.6 Å². The Hall–Kier alpha value is -2.67. The summed E-state index contributed by atoms with van der Waals surface area (Å²) in [5.74, 6) is -0.116. The molecule has 0 amide bonds. The van der Waals surface area contributed by atoms with E-state index in [1.165, 1.54) is 0 Å². The molecule has 0 saturated heterocycles. The van der Waals surface area contributed by atoms with Gasteiger partial charge in [-0.1, -0.05) is 6.92 Å². The van der Waals surface area contributed by atoms with Gasteiger partial charge in [-0.25, -0.2) is 8.78 Å². The first-order chi connectivity index (χ1) is 15.4. The van der Waals surface area contributed by atoms with Crippen molar-refractivity contribution >= 4 is 10.8 Å². The quantitative estimate of drug-likeness (QED) is 0.633. The maximum atomic E-state index is 14.1. The minimum absolute atomic E-state index is 0.0710. The summed E-state index contributed by atoms with van der Waals surface area (Å²) in [4.78, 5) is 14.7. The summed E-state index contributed by atoms with van der Waals surface area (Å²) in [7, 11) is 1.54. The first-order valence-electron chi connectivity index (χ1n) is 11.2. The first-order valence-corrected chi connectivity index (χ1v) is 11.2. The predicted molar refractivity (Wildman–Crippen MR) is 121 cm³/mol. The minimum Gasteiger partial charge on any atom is -0.493 e. The zero-order valence-corrected chi connectivity index (χ0v) is 18.5. The van der Waals surface area contributed by atoms with E-state index in [0.717, 1.165) is 43.6 Å². The molecule has 4 rings (SSSR count). The number of nitrogens with two attached hydrogens (primary N) is 1. The fourth-order valence-corrected chi connectivity index (χ4v) is 5.38. The average Bonchev–Trinajstić information content (AvgIpc) is 2.78. The van der Waals surface area contributed by atoms with Crippen LogP contribution in [0.5, 0.6) is 11.5 Å². The second kappa shape index (κ2) is 9.06. The number of allylic oxidation sites excluding steroid dienone is 4. The molecule has 0 spiro atoms. The molecular weight excluding hydrogens is 414 g/mol. The molecule has 1 aromatic carbocycles. The molecule has 7 heteroatoms. The topological polar surface area (TPSA) is 77.3 Å². The molecule has 172 valence electrons. The van der Waals surface area contributed by atoms with E-state index in [4.69, 9.17) is 15.2 Å². The normalized spacial score (nSPS) is 26.9. The van der Waals surface area contributed by atoms with E-state index in [1.54, 1.807) is 25.4 Å². The van der Waals surface area contributed by atoms with Gasteiger partial charge in [-0.05, 0) is 73.1 Å². The number of benzene rings is 1. The molecule has 0 aliphatic heterocycles. The molecule has 1 saturated carbocycles. The van der Waals surface area contributed by atoms with Crippen molar-refractivity contribution in [3.8, 4) is 11.5 Å². The van der Waals surface area contributed by atoms with Crippen LogP contribution in [-0.2, 0) is 0 Å². The lowest BCUT2D eigenvalue weighted by atomic mass is 9.59. The zero-order valence-electron chi connectivity index (χ0n) is 18.5. The molecule has 32 heavy (non-hydrogen) atoms. The highest BCUT2D eigenvalue weighted by Gasteiger charge is 2.46. The summed E-state index contributed by atoms with van der Waals surface area (Å²) in [6.07, 6.45) is 7.88. The van der Waals surface area contributed by atoms with Crippen LogP contribution in [0, 0.1) is 11.3 Å². The van der Waals surface area contributed by atoms with Crippen LogP contribution >= 0.6 is 0 Å². The highest BCUT2D eigenvalue weighted by Crippen LogP contribution is 2.51. The van der Waals surface area contributed by atoms with Crippen LogP contribution in [0.1, 0.15) is 45.4 Å². The molecule has 1 heterocycles. The van der Waals surface area contributed by atoms with Gasteiger partial charge in [-0.3, -0.25) is 4.79 Å². The predicted octanol–water partition coefficient (Wildman–Crippen LogP) is 5.31. The molecule has 1 aromatic heterocycles. The van der Waals surface area contributed by atoms with E-state index < -0.39 is 11.7 Å². The van der Waals surface area contributed by atoms with Crippen molar-refractivity contribution in [2.75, 3.05) is 7.11 Å². The summed E-state index contributed by atoms with van der Waals surface area (Å²) in [6, 6.07) is 5.18. The van der Waals surface area contributed by atoms with Crippen LogP contribution < -0.4 is 20.8 Å². The Labute approximate surface area is 186 Å². The summed E-state index contributed by atoms with van der Waals surface area (Å²) >= 11 is 0. The van der Waals surface area contributed by atoms with Gasteiger partial charge in [0.1, 0.15) is 11.7 Å². The second-order valence-electron chi connectivity index (χ2n) is 8.92. The van der Waals surface area contributed by atoms with Crippen LogP contribution in [0.4, 0.5) is 8.78 Å². The third-order valence-electron chi connectivity index (χ3n) is 7.20. The van der Waals surface area contributed by atoms with Crippen LogP contribution in [0.2, 0.25) is 0 Å². The Kier molecular flexibility index (Phi) is 6.38. The molecule has 2 aliphatic rings. The monoisotopic (exact) mass is 444 g/mol. The molecular formula is C25H30F2N2O3. The summed E-state index contributed by atoms with van der Waals surface area (Å²) < 4.78 is 39.9. The Morgan fingerprint density at radius 2 is 2.00 bits per heavy atom. The van der Waals surface area contributed by atoms with E-state index >= 15 is 0 Å². The number of ether oxygens (including phenoxy) is 2. The molecule has 2 atom stereocenters. The van der Waals surface area contributed by atoms with Gasteiger partial charge < -0.3 is 20.2 Å². The summed E-state index contributed by atoms with van der Waals surface area (Å²) in [5, 5.41) is 1.31. The number of halogens is 2. The summed E-state index contributed by atoms with van der Waals surface area (Å²) in [5.41, 5.74) is 5.99. The van der Waals surface area contributed by atoms with Crippen LogP contribution in [-0.4, -0.2) is 24.2 Å². The number of hydrogen-bond donors (Lipinski definition) is 2. The molecule has 2 unspecified atom stereocenters. The van der Waals surface area contributed by atoms with Gasteiger partial charge in [0.15, 0.2) is 11.5 Å². The number of aromatic nitrogens is 1. The van der Waals surface area contributed by atoms with Crippen molar-refractivity contribution < 1.29 is 18.3 Å². The molecule has 2 aliphatic carbocycles. The lowest BCUT2D eigenvalue weighted by molar-refractivity contribution is 0.0256.